The molecule has 0 bridgehead atoms. The molecule has 0 fully saturated rings. The quantitative estimate of drug-likeness (QED) is 0.585. The highest BCUT2D eigenvalue weighted by atomic mass is 35.5. The molecule has 0 aliphatic rings. The van der Waals surface area contributed by atoms with Crippen molar-refractivity contribution in [3.05, 3.63) is 88.1 Å². The Balaban J connectivity index is 1.68. The molecule has 0 saturated heterocycles. The summed E-state index contributed by atoms with van der Waals surface area (Å²) in [7, 11) is 0. The lowest BCUT2D eigenvalue weighted by Gasteiger charge is -2.23. The molecule has 0 aliphatic carbocycles. The highest BCUT2D eigenvalue weighted by Crippen LogP contribution is 2.26. The molecule has 0 unspecified atom stereocenters. The lowest BCUT2D eigenvalue weighted by molar-refractivity contribution is -0.129. The van der Waals surface area contributed by atoms with Crippen LogP contribution in [0.25, 0.3) is 5.69 Å². The molecule has 160 valence electrons. The largest absolute Gasteiger partial charge is 0.326 e. The highest BCUT2D eigenvalue weighted by Gasteiger charge is 2.31. The number of benzene rings is 2. The van der Waals surface area contributed by atoms with E-state index in [9.17, 15) is 18.8 Å². The second-order valence-corrected chi connectivity index (χ2v) is 8.08. The van der Waals surface area contributed by atoms with Crippen LogP contribution in [0.5, 0.6) is 0 Å². The number of hydrogen-bond acceptors (Lipinski definition) is 3. The zero-order valence-electron chi connectivity index (χ0n) is 17.0. The first-order valence-corrected chi connectivity index (χ1v) is 9.88. The molecule has 0 saturated carbocycles. The number of amides is 2. The maximum Gasteiger partial charge on any atom is 0.255 e. The van der Waals surface area contributed by atoms with Gasteiger partial charge >= 0.3 is 0 Å². The summed E-state index contributed by atoms with van der Waals surface area (Å²) in [6.45, 7) is 3.19. The van der Waals surface area contributed by atoms with Crippen LogP contribution in [0.1, 0.15) is 20.3 Å². The van der Waals surface area contributed by atoms with Gasteiger partial charge in [-0.1, -0.05) is 31.5 Å². The molecule has 31 heavy (non-hydrogen) atoms. The summed E-state index contributed by atoms with van der Waals surface area (Å²) < 4.78 is 15.9. The second kappa shape index (κ2) is 9.14. The van der Waals surface area contributed by atoms with Gasteiger partial charge in [0.05, 0.1) is 16.8 Å². The van der Waals surface area contributed by atoms with E-state index in [1.807, 2.05) is 0 Å². The van der Waals surface area contributed by atoms with Crippen molar-refractivity contribution < 1.29 is 14.0 Å². The molecule has 0 aliphatic heterocycles. The van der Waals surface area contributed by atoms with Crippen molar-refractivity contribution in [3.63, 3.8) is 0 Å². The van der Waals surface area contributed by atoms with Crippen molar-refractivity contribution in [1.29, 1.82) is 0 Å². The third-order valence-corrected chi connectivity index (χ3v) is 4.90. The number of aromatic nitrogens is 1. The molecule has 2 aromatic carbocycles. The first kappa shape index (κ1) is 22.2. The predicted octanol–water partition coefficient (Wildman–Crippen LogP) is 4.62. The van der Waals surface area contributed by atoms with E-state index in [-0.39, 0.29) is 23.6 Å². The Hall–Kier alpha value is -3.45. The number of rotatable bonds is 6. The summed E-state index contributed by atoms with van der Waals surface area (Å²) >= 11 is 5.83. The average molecular weight is 442 g/mol. The van der Waals surface area contributed by atoms with E-state index in [1.54, 1.807) is 50.2 Å². The Bertz CT molecular complexity index is 1170. The van der Waals surface area contributed by atoms with Crippen LogP contribution in [0, 0.1) is 11.2 Å². The number of anilines is 2. The van der Waals surface area contributed by atoms with E-state index in [2.05, 4.69) is 10.6 Å². The van der Waals surface area contributed by atoms with Crippen molar-refractivity contribution in [3.8, 4) is 5.69 Å². The molecule has 2 N–H and O–H groups in total. The summed E-state index contributed by atoms with van der Waals surface area (Å²) in [4.78, 5) is 36.9. The minimum Gasteiger partial charge on any atom is -0.326 e. The summed E-state index contributed by atoms with van der Waals surface area (Å²) in [6, 6.07) is 15.3. The van der Waals surface area contributed by atoms with E-state index >= 15 is 0 Å². The number of nitrogens with one attached hydrogen (secondary N) is 2. The Kier molecular flexibility index (Phi) is 6.56. The fourth-order valence-electron chi connectivity index (χ4n) is 2.91. The van der Waals surface area contributed by atoms with Crippen LogP contribution in [-0.2, 0) is 9.59 Å². The molecule has 1 aromatic heterocycles. The minimum absolute atomic E-state index is 0.0380. The van der Waals surface area contributed by atoms with Gasteiger partial charge < -0.3 is 10.6 Å². The Morgan fingerprint density at radius 3 is 2.39 bits per heavy atom. The zero-order valence-corrected chi connectivity index (χ0v) is 17.7. The molecule has 6 nitrogen and oxygen atoms in total. The molecule has 1 heterocycles. The lowest BCUT2D eigenvalue weighted by Crippen LogP contribution is -2.34. The molecule has 0 atom stereocenters. The van der Waals surface area contributed by atoms with Crippen LogP contribution in [0.15, 0.2) is 71.7 Å². The number of carbonyl (C=O) groups excluding carboxylic acids is 2. The average Bonchev–Trinajstić information content (AvgIpc) is 2.71. The minimum atomic E-state index is -1.10. The van der Waals surface area contributed by atoms with Crippen molar-refractivity contribution in [2.75, 3.05) is 10.6 Å². The number of nitrogens with zero attached hydrogens (tertiary/aromatic N) is 1. The number of carbonyl (C=O) groups is 2. The molecule has 8 heteroatoms. The van der Waals surface area contributed by atoms with Gasteiger partial charge in [0.25, 0.3) is 5.56 Å². The normalized spacial score (nSPS) is 11.1. The van der Waals surface area contributed by atoms with Crippen LogP contribution in [0.2, 0.25) is 5.02 Å². The van der Waals surface area contributed by atoms with Crippen LogP contribution in [-0.4, -0.2) is 16.4 Å². The van der Waals surface area contributed by atoms with Gasteiger partial charge in [0, 0.05) is 35.5 Å². The molecule has 3 rings (SSSR count). The Labute approximate surface area is 183 Å². The van der Waals surface area contributed by atoms with Gasteiger partial charge in [-0.15, -0.1) is 0 Å². The molecule has 0 radical (unpaired) electrons. The molecular formula is C23H21ClFN3O3. The molecule has 3 aromatic rings. The Morgan fingerprint density at radius 2 is 1.74 bits per heavy atom. The van der Waals surface area contributed by atoms with E-state index < -0.39 is 17.1 Å². The van der Waals surface area contributed by atoms with E-state index in [0.29, 0.717) is 16.4 Å². The monoisotopic (exact) mass is 441 g/mol. The fourth-order valence-corrected chi connectivity index (χ4v) is 3.03. The van der Waals surface area contributed by atoms with Crippen LogP contribution in [0.4, 0.5) is 15.8 Å². The first-order valence-electron chi connectivity index (χ1n) is 9.50. The van der Waals surface area contributed by atoms with Gasteiger partial charge in [0.2, 0.25) is 11.8 Å². The SMILES string of the molecule is CC(C)(CC(=O)Nc1ccc(Cl)cc1)C(=O)Nc1ccc(-n2ccccc2=O)cc1F. The summed E-state index contributed by atoms with van der Waals surface area (Å²) in [6.07, 6.45) is 1.42. The first-order chi connectivity index (χ1) is 14.7. The maximum absolute atomic E-state index is 14.6. The molecular weight excluding hydrogens is 421 g/mol. The van der Waals surface area contributed by atoms with E-state index in [0.717, 1.165) is 6.07 Å². The van der Waals surface area contributed by atoms with E-state index in [1.165, 1.54) is 29.0 Å². The number of pyridine rings is 1. The summed E-state index contributed by atoms with van der Waals surface area (Å²) in [5, 5.41) is 5.77. The van der Waals surface area contributed by atoms with Crippen LogP contribution < -0.4 is 16.2 Å². The van der Waals surface area contributed by atoms with Crippen LogP contribution >= 0.6 is 11.6 Å². The van der Waals surface area contributed by atoms with Crippen molar-refractivity contribution in [1.82, 2.24) is 4.57 Å². The predicted molar refractivity (Wildman–Crippen MR) is 119 cm³/mol. The van der Waals surface area contributed by atoms with Crippen molar-refractivity contribution in [2.45, 2.75) is 20.3 Å². The van der Waals surface area contributed by atoms with Gasteiger partial charge in [0.15, 0.2) is 0 Å². The Morgan fingerprint density at radius 1 is 1.03 bits per heavy atom. The standard InChI is InChI=1S/C23H21ClFN3O3/c1-23(2,14-20(29)26-16-8-6-15(24)7-9-16)22(31)27-19-11-10-17(13-18(19)25)28-12-4-3-5-21(28)30/h3-13H,14H2,1-2H3,(H,26,29)(H,27,31). The van der Waals surface area contributed by atoms with Gasteiger partial charge in [-0.3, -0.25) is 19.0 Å². The molecule has 0 spiro atoms. The van der Waals surface area contributed by atoms with Gasteiger partial charge in [-0.05, 0) is 42.5 Å². The van der Waals surface area contributed by atoms with E-state index in [4.69, 9.17) is 11.6 Å². The molecule has 2 amide bonds. The fraction of sp³-hybridized carbons (Fsp3) is 0.174. The second-order valence-electron chi connectivity index (χ2n) is 7.64. The maximum atomic E-state index is 14.6. The summed E-state index contributed by atoms with van der Waals surface area (Å²) in [5.41, 5.74) is -0.542. The summed E-state index contributed by atoms with van der Waals surface area (Å²) in [5.74, 6) is -1.56. The van der Waals surface area contributed by atoms with Gasteiger partial charge in [0.1, 0.15) is 5.82 Å². The third-order valence-electron chi connectivity index (χ3n) is 4.65. The van der Waals surface area contributed by atoms with Gasteiger partial charge in [-0.25, -0.2) is 4.39 Å². The van der Waals surface area contributed by atoms with Crippen LogP contribution in [0.3, 0.4) is 0 Å². The smallest absolute Gasteiger partial charge is 0.255 e. The lowest BCUT2D eigenvalue weighted by atomic mass is 9.87. The number of halogens is 2. The van der Waals surface area contributed by atoms with Gasteiger partial charge in [-0.2, -0.15) is 0 Å². The third kappa shape index (κ3) is 5.58. The zero-order chi connectivity index (χ0) is 22.6. The highest BCUT2D eigenvalue weighted by molar-refractivity contribution is 6.30. The van der Waals surface area contributed by atoms with Crippen molar-refractivity contribution >= 4 is 34.8 Å². The van der Waals surface area contributed by atoms with Crippen molar-refractivity contribution in [2.24, 2.45) is 5.41 Å². The number of hydrogen-bond donors (Lipinski definition) is 2. The topological polar surface area (TPSA) is 80.2 Å².